The number of unbranched alkanes of at least 4 members (excludes halogenated alkanes) is 1. The minimum atomic E-state index is -0.401. The Hall–Kier alpha value is -3.14. The smallest absolute Gasteiger partial charge is 0.407 e. The van der Waals surface area contributed by atoms with Gasteiger partial charge in [-0.05, 0) is 44.7 Å². The maximum Gasteiger partial charge on any atom is 0.407 e. The van der Waals surface area contributed by atoms with Gasteiger partial charge in [-0.25, -0.2) is 14.8 Å². The van der Waals surface area contributed by atoms with E-state index in [2.05, 4.69) is 55.8 Å². The van der Waals surface area contributed by atoms with E-state index in [-0.39, 0.29) is 17.0 Å². The van der Waals surface area contributed by atoms with Crippen molar-refractivity contribution in [3.8, 4) is 0 Å². The first-order valence-corrected chi connectivity index (χ1v) is 11.1. The molecule has 0 spiro atoms. The molecule has 1 amide bonds. The lowest BCUT2D eigenvalue weighted by molar-refractivity contribution is 0.143. The van der Waals surface area contributed by atoms with Crippen LogP contribution in [0.2, 0.25) is 5.28 Å². The molecule has 10 nitrogen and oxygen atoms in total. The molecule has 32 heavy (non-hydrogen) atoms. The highest BCUT2D eigenvalue weighted by Crippen LogP contribution is 2.18. The number of aryl methyl sites for hydroxylation is 1. The van der Waals surface area contributed by atoms with E-state index >= 15 is 0 Å². The first kappa shape index (κ1) is 22.1. The Morgan fingerprint density at radius 2 is 2.16 bits per heavy atom. The second kappa shape index (κ2) is 9.56. The number of ether oxygens (including phenoxy) is 1. The molecule has 3 N–H and O–H groups in total. The van der Waals surface area contributed by atoms with Gasteiger partial charge in [0.2, 0.25) is 5.28 Å². The van der Waals surface area contributed by atoms with Gasteiger partial charge < -0.3 is 24.9 Å². The first-order valence-electron chi connectivity index (χ1n) is 10.7. The summed E-state index contributed by atoms with van der Waals surface area (Å²) in [5.74, 6) is 0.483. The summed E-state index contributed by atoms with van der Waals surface area (Å²) in [4.78, 5) is 28.8. The van der Waals surface area contributed by atoms with E-state index in [9.17, 15) is 4.79 Å². The van der Waals surface area contributed by atoms with Gasteiger partial charge in [0.15, 0.2) is 11.5 Å². The lowest BCUT2D eigenvalue weighted by Gasteiger charge is -2.15. The van der Waals surface area contributed by atoms with Crippen LogP contribution < -0.4 is 21.7 Å². The van der Waals surface area contributed by atoms with Gasteiger partial charge in [-0.3, -0.25) is 0 Å². The molecule has 0 saturated heterocycles. The van der Waals surface area contributed by atoms with E-state index in [0.717, 1.165) is 23.5 Å². The molecule has 0 bridgehead atoms. The number of nitrogens with two attached hydrogens (primary N) is 1. The summed E-state index contributed by atoms with van der Waals surface area (Å²) in [6.07, 6.45) is 9.78. The zero-order valence-corrected chi connectivity index (χ0v) is 18.9. The molecule has 3 aromatic heterocycles. The van der Waals surface area contributed by atoms with Crippen LogP contribution in [-0.4, -0.2) is 48.3 Å². The molecule has 170 valence electrons. The van der Waals surface area contributed by atoms with Crippen molar-refractivity contribution in [1.29, 1.82) is 0 Å². The summed E-state index contributed by atoms with van der Waals surface area (Å²) >= 11 is 5.88. The first-order chi connectivity index (χ1) is 15.4. The maximum absolute atomic E-state index is 12.1. The molecule has 0 aromatic carbocycles. The third kappa shape index (κ3) is 4.85. The van der Waals surface area contributed by atoms with E-state index in [1.54, 1.807) is 6.33 Å². The number of nitrogens with zero attached hydrogens (tertiary/aromatic N) is 6. The monoisotopic (exact) mass is 458 g/mol. The van der Waals surface area contributed by atoms with Crippen LogP contribution in [0.3, 0.4) is 0 Å². The minimum Gasteiger partial charge on any atom is -0.450 e. The number of hydrogen-bond donors (Lipinski definition) is 2. The van der Waals surface area contributed by atoms with Crippen LogP contribution in [0.1, 0.15) is 39.2 Å². The predicted molar refractivity (Wildman–Crippen MR) is 122 cm³/mol. The average molecular weight is 459 g/mol. The van der Waals surface area contributed by atoms with Crippen LogP contribution in [0.15, 0.2) is 12.7 Å². The standard InChI is InChI=1S/C21H27ClN8O2/c1-13(2)30-12-25-15-6-5-14(9-16(15)30)10-24-21(31)32-8-4-3-7-29-11-26-17-18(23)27-20(22)28-19(17)29/h6,9,11-14H,3-5,7-8,10H2,1-2H3,(H,24,31)(H2,23,27,28). The Kier molecular flexibility index (Phi) is 6.59. The van der Waals surface area contributed by atoms with Crippen molar-refractivity contribution in [2.24, 2.45) is 5.92 Å². The van der Waals surface area contributed by atoms with Crippen LogP contribution >= 0.6 is 11.6 Å². The van der Waals surface area contributed by atoms with Crippen molar-refractivity contribution >= 4 is 46.8 Å². The summed E-state index contributed by atoms with van der Waals surface area (Å²) < 4.78 is 9.32. The highest BCUT2D eigenvalue weighted by Gasteiger charge is 2.14. The minimum absolute atomic E-state index is 0.0921. The van der Waals surface area contributed by atoms with Crippen LogP contribution in [0, 0.1) is 5.92 Å². The molecule has 4 rings (SSSR count). The van der Waals surface area contributed by atoms with Gasteiger partial charge in [0.1, 0.15) is 5.52 Å². The zero-order valence-electron chi connectivity index (χ0n) is 18.2. The van der Waals surface area contributed by atoms with Gasteiger partial charge in [0.25, 0.3) is 0 Å². The number of alkyl carbamates (subject to hydrolysis) is 1. The fraction of sp³-hybridized carbons (Fsp3) is 0.476. The molecular formula is C21H27ClN8O2. The number of hydrogen-bond acceptors (Lipinski definition) is 7. The molecule has 1 atom stereocenters. The third-order valence-electron chi connectivity index (χ3n) is 5.42. The Balaban J connectivity index is 1.19. The van der Waals surface area contributed by atoms with Crippen molar-refractivity contribution in [3.05, 3.63) is 28.6 Å². The average Bonchev–Trinajstić information content (AvgIpc) is 3.36. The van der Waals surface area contributed by atoms with E-state index in [1.807, 2.05) is 10.9 Å². The van der Waals surface area contributed by atoms with Gasteiger partial charge in [0, 0.05) is 25.0 Å². The number of amides is 1. The van der Waals surface area contributed by atoms with Gasteiger partial charge in [0.05, 0.1) is 30.0 Å². The number of nitrogens with one attached hydrogen (secondary N) is 1. The Labute approximate surface area is 190 Å². The molecule has 3 aromatic rings. The highest BCUT2D eigenvalue weighted by molar-refractivity contribution is 6.28. The largest absolute Gasteiger partial charge is 0.450 e. The summed E-state index contributed by atoms with van der Waals surface area (Å²) in [5.41, 5.74) is 6.95. The number of halogens is 1. The summed E-state index contributed by atoms with van der Waals surface area (Å²) in [6, 6.07) is 0.342. The number of aromatic nitrogens is 6. The lowest BCUT2D eigenvalue weighted by atomic mass is 10.0. The second-order valence-electron chi connectivity index (χ2n) is 8.09. The van der Waals surface area contributed by atoms with Crippen molar-refractivity contribution in [3.63, 3.8) is 0 Å². The van der Waals surface area contributed by atoms with Crippen molar-refractivity contribution in [1.82, 2.24) is 34.4 Å². The summed E-state index contributed by atoms with van der Waals surface area (Å²) in [7, 11) is 0. The van der Waals surface area contributed by atoms with Crippen LogP contribution in [-0.2, 0) is 11.3 Å². The Morgan fingerprint density at radius 3 is 2.97 bits per heavy atom. The number of carbonyl (C=O) groups is 1. The second-order valence-corrected chi connectivity index (χ2v) is 8.43. The fourth-order valence-corrected chi connectivity index (χ4v) is 3.91. The Bertz CT molecular complexity index is 1230. The third-order valence-corrected chi connectivity index (χ3v) is 5.59. The van der Waals surface area contributed by atoms with Crippen molar-refractivity contribution in [2.75, 3.05) is 18.9 Å². The zero-order chi connectivity index (χ0) is 22.7. The van der Waals surface area contributed by atoms with Gasteiger partial charge in [-0.1, -0.05) is 12.2 Å². The summed E-state index contributed by atoms with van der Waals surface area (Å²) in [5, 5.41) is 5.09. The number of imidazole rings is 2. The number of anilines is 1. The lowest BCUT2D eigenvalue weighted by Crippen LogP contribution is -2.37. The van der Waals surface area contributed by atoms with Crippen LogP contribution in [0.5, 0.6) is 0 Å². The quantitative estimate of drug-likeness (QED) is 0.388. The Morgan fingerprint density at radius 1 is 1.31 bits per heavy atom. The van der Waals surface area contributed by atoms with E-state index in [4.69, 9.17) is 22.1 Å². The molecule has 1 aliphatic rings. The molecule has 0 aliphatic heterocycles. The van der Waals surface area contributed by atoms with Gasteiger partial charge in [-0.15, -0.1) is 0 Å². The van der Waals surface area contributed by atoms with E-state index < -0.39 is 6.09 Å². The normalized spacial score (nSPS) is 15.3. The molecular weight excluding hydrogens is 432 g/mol. The fourth-order valence-electron chi connectivity index (χ4n) is 3.74. The molecule has 11 heteroatoms. The molecule has 0 fully saturated rings. The van der Waals surface area contributed by atoms with Crippen LogP contribution in [0.25, 0.3) is 23.3 Å². The number of nitrogen functional groups attached to an aromatic ring is 1. The van der Waals surface area contributed by atoms with E-state index in [0.29, 0.717) is 43.3 Å². The topological polar surface area (TPSA) is 126 Å². The molecule has 0 saturated carbocycles. The molecule has 1 unspecified atom stereocenters. The van der Waals surface area contributed by atoms with Gasteiger partial charge in [-0.2, -0.15) is 9.97 Å². The summed E-state index contributed by atoms with van der Waals surface area (Å²) in [6.45, 7) is 5.78. The van der Waals surface area contributed by atoms with E-state index in [1.165, 1.54) is 0 Å². The SMILES string of the molecule is CC(C)n1cnc2c1=CC(CNC(=O)OCCCCn1cnc3c(N)nc(Cl)nc31)CC=2. The van der Waals surface area contributed by atoms with Gasteiger partial charge >= 0.3 is 6.09 Å². The maximum atomic E-state index is 12.1. The highest BCUT2D eigenvalue weighted by atomic mass is 35.5. The number of fused-ring (bicyclic) bond motifs is 2. The van der Waals surface area contributed by atoms with Crippen molar-refractivity contribution in [2.45, 2.75) is 45.7 Å². The molecule has 1 aliphatic carbocycles. The van der Waals surface area contributed by atoms with Crippen LogP contribution in [0.4, 0.5) is 10.6 Å². The van der Waals surface area contributed by atoms with Crippen molar-refractivity contribution < 1.29 is 9.53 Å². The number of carbonyl (C=O) groups excluding carboxylic acids is 1. The molecule has 3 heterocycles. The number of rotatable bonds is 8. The molecule has 0 radical (unpaired) electrons. The predicted octanol–water partition coefficient (Wildman–Crippen LogP) is 1.63.